The molecule has 5 nitrogen and oxygen atoms in total. The molecule has 18 heavy (non-hydrogen) atoms. The van der Waals surface area contributed by atoms with Gasteiger partial charge in [-0.1, -0.05) is 23.2 Å². The summed E-state index contributed by atoms with van der Waals surface area (Å²) in [5.41, 5.74) is 0.512. The van der Waals surface area contributed by atoms with Gasteiger partial charge in [0.05, 0.1) is 17.6 Å². The fraction of sp³-hybridized carbons (Fsp3) is 0.0909. The van der Waals surface area contributed by atoms with Crippen LogP contribution in [0.5, 0.6) is 0 Å². The maximum atomic E-state index is 12.0. The Balaban J connectivity index is 2.57. The molecule has 0 unspecified atom stereocenters. The molecule has 1 heterocycles. The Labute approximate surface area is 113 Å². The van der Waals surface area contributed by atoms with Crippen molar-refractivity contribution in [3.8, 4) is 5.69 Å². The molecule has 0 aliphatic rings. The summed E-state index contributed by atoms with van der Waals surface area (Å²) in [6.45, 7) is 0. The molecule has 94 valence electrons. The van der Waals surface area contributed by atoms with Crippen molar-refractivity contribution in [1.29, 1.82) is 0 Å². The predicted octanol–water partition coefficient (Wildman–Crippen LogP) is 1.85. The van der Waals surface area contributed by atoms with Crippen LogP contribution in [0.2, 0.25) is 10.0 Å². The lowest BCUT2D eigenvalue weighted by atomic mass is 10.3. The first-order valence-corrected chi connectivity index (χ1v) is 5.78. The summed E-state index contributed by atoms with van der Waals surface area (Å²) in [6.07, 6.45) is 1.43. The van der Waals surface area contributed by atoms with Crippen LogP contribution >= 0.6 is 23.2 Å². The number of hydrogen-bond acceptors (Lipinski definition) is 4. The van der Waals surface area contributed by atoms with E-state index >= 15 is 0 Å². The molecule has 0 spiro atoms. The van der Waals surface area contributed by atoms with Gasteiger partial charge in [-0.25, -0.2) is 5.84 Å². The molecule has 7 heteroatoms. The van der Waals surface area contributed by atoms with E-state index in [2.05, 4.69) is 5.10 Å². The molecule has 1 aromatic heterocycles. The summed E-state index contributed by atoms with van der Waals surface area (Å²) >= 11 is 11.7. The van der Waals surface area contributed by atoms with E-state index in [0.717, 1.165) is 0 Å². The van der Waals surface area contributed by atoms with E-state index in [4.69, 9.17) is 29.0 Å². The molecule has 0 fully saturated rings. The van der Waals surface area contributed by atoms with Gasteiger partial charge in [0, 0.05) is 12.1 Å². The minimum Gasteiger partial charge on any atom is -0.311 e. The Hall–Kier alpha value is -1.56. The van der Waals surface area contributed by atoms with Crippen molar-refractivity contribution in [3.05, 3.63) is 50.9 Å². The maximum absolute atomic E-state index is 12.0. The molecule has 1 aromatic carbocycles. The van der Waals surface area contributed by atoms with Crippen LogP contribution in [0.15, 0.2) is 35.3 Å². The standard InChI is InChI=1S/C11H10Cl2N4O/c1-16(14)9-6-15-17(11(18)10(9)13)8-4-2-7(12)3-5-8/h2-6H,14H2,1H3. The van der Waals surface area contributed by atoms with Crippen LogP contribution in [0.1, 0.15) is 0 Å². The van der Waals surface area contributed by atoms with Crippen molar-refractivity contribution in [1.82, 2.24) is 9.78 Å². The van der Waals surface area contributed by atoms with Gasteiger partial charge in [-0.15, -0.1) is 0 Å². The molecule has 0 amide bonds. The fourth-order valence-electron chi connectivity index (χ4n) is 1.44. The lowest BCUT2D eigenvalue weighted by molar-refractivity contribution is 0.800. The summed E-state index contributed by atoms with van der Waals surface area (Å²) in [5, 5.41) is 5.85. The molecule has 0 bridgehead atoms. The zero-order valence-corrected chi connectivity index (χ0v) is 11.0. The Morgan fingerprint density at radius 1 is 1.28 bits per heavy atom. The third-order valence-electron chi connectivity index (χ3n) is 2.35. The van der Waals surface area contributed by atoms with Crippen molar-refractivity contribution in [2.75, 3.05) is 12.1 Å². The average molecular weight is 285 g/mol. The second kappa shape index (κ2) is 4.97. The van der Waals surface area contributed by atoms with Crippen LogP contribution in [0.25, 0.3) is 5.69 Å². The van der Waals surface area contributed by atoms with E-state index in [-0.39, 0.29) is 5.02 Å². The average Bonchev–Trinajstić information content (AvgIpc) is 2.33. The Kier molecular flexibility index (Phi) is 3.56. The third kappa shape index (κ3) is 2.33. The fourth-order valence-corrected chi connectivity index (χ4v) is 1.82. The van der Waals surface area contributed by atoms with Gasteiger partial charge < -0.3 is 5.01 Å². The van der Waals surface area contributed by atoms with Crippen LogP contribution < -0.4 is 16.4 Å². The summed E-state index contributed by atoms with van der Waals surface area (Å²) in [4.78, 5) is 12.0. The monoisotopic (exact) mass is 284 g/mol. The van der Waals surface area contributed by atoms with Gasteiger partial charge in [-0.05, 0) is 24.3 Å². The maximum Gasteiger partial charge on any atom is 0.292 e. The molecule has 0 saturated heterocycles. The molecule has 0 radical (unpaired) electrons. The number of rotatable bonds is 2. The van der Waals surface area contributed by atoms with Crippen LogP contribution in [-0.4, -0.2) is 16.8 Å². The van der Waals surface area contributed by atoms with Gasteiger partial charge in [0.1, 0.15) is 5.02 Å². The third-order valence-corrected chi connectivity index (χ3v) is 2.96. The number of benzene rings is 1. The number of nitrogens with two attached hydrogens (primary N) is 1. The normalized spacial score (nSPS) is 10.4. The van der Waals surface area contributed by atoms with E-state index in [1.807, 2.05) is 0 Å². The summed E-state index contributed by atoms with van der Waals surface area (Å²) in [6, 6.07) is 6.70. The van der Waals surface area contributed by atoms with Crippen LogP contribution in [0.3, 0.4) is 0 Å². The number of hydrogen-bond donors (Lipinski definition) is 1. The quantitative estimate of drug-likeness (QED) is 0.675. The van der Waals surface area contributed by atoms with Crippen molar-refractivity contribution in [3.63, 3.8) is 0 Å². The number of aromatic nitrogens is 2. The molecule has 0 atom stereocenters. The van der Waals surface area contributed by atoms with Crippen LogP contribution in [-0.2, 0) is 0 Å². The first-order chi connectivity index (χ1) is 8.50. The van der Waals surface area contributed by atoms with E-state index in [1.54, 1.807) is 31.3 Å². The smallest absolute Gasteiger partial charge is 0.292 e. The largest absolute Gasteiger partial charge is 0.311 e. The van der Waals surface area contributed by atoms with Gasteiger partial charge in [0.25, 0.3) is 5.56 Å². The zero-order chi connectivity index (χ0) is 13.3. The Morgan fingerprint density at radius 2 is 1.89 bits per heavy atom. The molecule has 0 aliphatic heterocycles. The highest BCUT2D eigenvalue weighted by Crippen LogP contribution is 2.18. The first kappa shape index (κ1) is 12.9. The van der Waals surface area contributed by atoms with Gasteiger partial charge >= 0.3 is 0 Å². The van der Waals surface area contributed by atoms with Crippen LogP contribution in [0.4, 0.5) is 5.69 Å². The predicted molar refractivity (Wildman–Crippen MR) is 72.4 cm³/mol. The van der Waals surface area contributed by atoms with E-state index in [9.17, 15) is 4.79 Å². The SMILES string of the molecule is CN(N)c1cnn(-c2ccc(Cl)cc2)c(=O)c1Cl. The lowest BCUT2D eigenvalue weighted by Gasteiger charge is -2.14. The van der Waals surface area contributed by atoms with Gasteiger partial charge in [-0.3, -0.25) is 4.79 Å². The number of halogens is 2. The summed E-state index contributed by atoms with van der Waals surface area (Å²) in [7, 11) is 1.58. The molecule has 0 saturated carbocycles. The Bertz CT molecular complexity index is 622. The molecule has 2 aromatic rings. The van der Waals surface area contributed by atoms with Crippen LogP contribution in [0, 0.1) is 0 Å². The number of anilines is 1. The molecular formula is C11H10Cl2N4O. The lowest BCUT2D eigenvalue weighted by Crippen LogP contribution is -2.30. The summed E-state index contributed by atoms with van der Waals surface area (Å²) in [5.74, 6) is 5.54. The van der Waals surface area contributed by atoms with E-state index < -0.39 is 5.56 Å². The summed E-state index contributed by atoms with van der Waals surface area (Å²) < 4.78 is 1.19. The second-order valence-electron chi connectivity index (χ2n) is 3.65. The van der Waals surface area contributed by atoms with Crippen molar-refractivity contribution in [2.45, 2.75) is 0 Å². The topological polar surface area (TPSA) is 64.2 Å². The van der Waals surface area contributed by atoms with Gasteiger partial charge in [0.15, 0.2) is 0 Å². The first-order valence-electron chi connectivity index (χ1n) is 5.03. The van der Waals surface area contributed by atoms with Gasteiger partial charge in [-0.2, -0.15) is 9.78 Å². The highest BCUT2D eigenvalue weighted by molar-refractivity contribution is 6.33. The van der Waals surface area contributed by atoms with Crippen molar-refractivity contribution in [2.24, 2.45) is 5.84 Å². The molecule has 0 aliphatic carbocycles. The molecular weight excluding hydrogens is 275 g/mol. The number of nitrogens with zero attached hydrogens (tertiary/aromatic N) is 3. The highest BCUT2D eigenvalue weighted by atomic mass is 35.5. The van der Waals surface area contributed by atoms with E-state index in [0.29, 0.717) is 16.4 Å². The molecule has 2 N–H and O–H groups in total. The highest BCUT2D eigenvalue weighted by Gasteiger charge is 2.12. The van der Waals surface area contributed by atoms with Gasteiger partial charge in [0.2, 0.25) is 0 Å². The minimum atomic E-state index is -0.436. The van der Waals surface area contributed by atoms with Crippen molar-refractivity contribution >= 4 is 28.9 Å². The molecule has 2 rings (SSSR count). The van der Waals surface area contributed by atoms with E-state index in [1.165, 1.54) is 15.9 Å². The second-order valence-corrected chi connectivity index (χ2v) is 4.46. The zero-order valence-electron chi connectivity index (χ0n) is 9.47. The number of hydrazine groups is 1. The van der Waals surface area contributed by atoms with Crippen molar-refractivity contribution < 1.29 is 0 Å². The minimum absolute atomic E-state index is 0.0185. The Morgan fingerprint density at radius 3 is 2.44 bits per heavy atom.